The summed E-state index contributed by atoms with van der Waals surface area (Å²) in [7, 11) is 1.57. The first-order chi connectivity index (χ1) is 16.8. The number of benzene rings is 1. The SMILES string of the molecule is Cc1cc(CCc2cc(C#CCN(C)C(=O)OC(C)(C)C)cc(F)c2F)nc(-n2c(C)ccc2C)c1. The number of amides is 1. The van der Waals surface area contributed by atoms with E-state index in [1.54, 1.807) is 33.9 Å². The molecule has 5 nitrogen and oxygen atoms in total. The van der Waals surface area contributed by atoms with E-state index in [1.807, 2.05) is 45.0 Å². The lowest BCUT2D eigenvalue weighted by atomic mass is 10.0. The molecule has 0 saturated carbocycles. The molecule has 0 aliphatic heterocycles. The predicted molar refractivity (Wildman–Crippen MR) is 137 cm³/mol. The van der Waals surface area contributed by atoms with Crippen LogP contribution < -0.4 is 0 Å². The molecule has 1 aromatic carbocycles. The highest BCUT2D eigenvalue weighted by Gasteiger charge is 2.19. The number of carbonyl (C=O) groups excluding carboxylic acids is 1. The van der Waals surface area contributed by atoms with Gasteiger partial charge in [0.1, 0.15) is 11.4 Å². The van der Waals surface area contributed by atoms with Crippen molar-refractivity contribution in [3.63, 3.8) is 0 Å². The second-order valence-corrected chi connectivity index (χ2v) is 10.0. The summed E-state index contributed by atoms with van der Waals surface area (Å²) >= 11 is 0. The lowest BCUT2D eigenvalue weighted by Crippen LogP contribution is -2.34. The Bertz CT molecular complexity index is 1310. The first-order valence-corrected chi connectivity index (χ1v) is 11.9. The Morgan fingerprint density at radius 3 is 2.36 bits per heavy atom. The summed E-state index contributed by atoms with van der Waals surface area (Å²) in [5, 5.41) is 0. The second kappa shape index (κ2) is 10.9. The highest BCUT2D eigenvalue weighted by Crippen LogP contribution is 2.20. The number of halogens is 2. The number of ether oxygens (including phenoxy) is 1. The first-order valence-electron chi connectivity index (χ1n) is 11.9. The van der Waals surface area contributed by atoms with Gasteiger partial charge in [0.05, 0.1) is 6.54 Å². The Hall–Kier alpha value is -3.66. The van der Waals surface area contributed by atoms with Crippen LogP contribution >= 0.6 is 0 Å². The monoisotopic (exact) mass is 493 g/mol. The molecule has 1 amide bonds. The van der Waals surface area contributed by atoms with Gasteiger partial charge in [-0.3, -0.25) is 0 Å². The minimum atomic E-state index is -0.950. The van der Waals surface area contributed by atoms with E-state index in [2.05, 4.69) is 16.4 Å². The lowest BCUT2D eigenvalue weighted by Gasteiger charge is -2.23. The molecule has 36 heavy (non-hydrogen) atoms. The van der Waals surface area contributed by atoms with E-state index < -0.39 is 23.3 Å². The number of nitrogens with zero attached hydrogens (tertiary/aromatic N) is 3. The molecule has 190 valence electrons. The third kappa shape index (κ3) is 6.94. The first kappa shape index (κ1) is 26.9. The van der Waals surface area contributed by atoms with Crippen LogP contribution in [0.25, 0.3) is 5.82 Å². The molecule has 0 fully saturated rings. The number of carbonyl (C=O) groups is 1. The fourth-order valence-electron chi connectivity index (χ4n) is 3.82. The van der Waals surface area contributed by atoms with Crippen molar-refractivity contribution in [1.82, 2.24) is 14.5 Å². The van der Waals surface area contributed by atoms with E-state index in [0.29, 0.717) is 12.0 Å². The maximum Gasteiger partial charge on any atom is 0.410 e. The molecular formula is C29H33F2N3O2. The van der Waals surface area contributed by atoms with Crippen LogP contribution in [0.1, 0.15) is 54.5 Å². The molecule has 0 spiro atoms. The van der Waals surface area contributed by atoms with Crippen molar-refractivity contribution in [3.8, 4) is 17.7 Å². The van der Waals surface area contributed by atoms with Crippen molar-refractivity contribution in [1.29, 1.82) is 0 Å². The molecule has 2 heterocycles. The van der Waals surface area contributed by atoms with Gasteiger partial charge < -0.3 is 14.2 Å². The van der Waals surface area contributed by atoms with Gasteiger partial charge in [-0.05, 0) is 102 Å². The standard InChI is InChI=1S/C29H33F2N3O2/c1-19-15-24(32-26(16-19)34-20(2)10-11-21(34)3)13-12-23-17-22(18-25(30)27(23)31)9-8-14-33(7)28(35)36-29(4,5)6/h10-11,15-18H,12-14H2,1-7H3. The molecule has 7 heteroatoms. The molecule has 0 aliphatic carbocycles. The van der Waals surface area contributed by atoms with Gasteiger partial charge >= 0.3 is 6.09 Å². The van der Waals surface area contributed by atoms with Gasteiger partial charge in [0.15, 0.2) is 11.6 Å². The zero-order valence-electron chi connectivity index (χ0n) is 22.0. The Morgan fingerprint density at radius 1 is 1.06 bits per heavy atom. The highest BCUT2D eigenvalue weighted by atomic mass is 19.2. The van der Waals surface area contributed by atoms with Gasteiger partial charge in [-0.1, -0.05) is 11.8 Å². The lowest BCUT2D eigenvalue weighted by molar-refractivity contribution is 0.0321. The number of aryl methyl sites for hydroxylation is 5. The van der Waals surface area contributed by atoms with Crippen LogP contribution in [0.15, 0.2) is 36.4 Å². The predicted octanol–water partition coefficient (Wildman–Crippen LogP) is 6.08. The van der Waals surface area contributed by atoms with E-state index in [9.17, 15) is 13.6 Å². The smallest absolute Gasteiger partial charge is 0.410 e. The van der Waals surface area contributed by atoms with Crippen LogP contribution in [-0.2, 0) is 17.6 Å². The van der Waals surface area contributed by atoms with E-state index >= 15 is 0 Å². The normalized spacial score (nSPS) is 11.1. The molecule has 0 N–H and O–H groups in total. The van der Waals surface area contributed by atoms with E-state index in [1.165, 1.54) is 4.90 Å². The summed E-state index contributed by atoms with van der Waals surface area (Å²) in [5.74, 6) is 4.63. The maximum atomic E-state index is 14.6. The van der Waals surface area contributed by atoms with Crippen molar-refractivity contribution in [2.45, 2.75) is 60.0 Å². The summed E-state index contributed by atoms with van der Waals surface area (Å²) in [4.78, 5) is 18.1. The fraction of sp³-hybridized carbons (Fsp3) is 0.379. The molecule has 0 radical (unpaired) electrons. The number of aromatic nitrogens is 2. The molecule has 0 atom stereocenters. The van der Waals surface area contributed by atoms with Crippen LogP contribution in [0, 0.1) is 44.2 Å². The molecule has 3 rings (SSSR count). The van der Waals surface area contributed by atoms with Gasteiger partial charge in [0, 0.05) is 29.7 Å². The average molecular weight is 494 g/mol. The number of hydrogen-bond acceptors (Lipinski definition) is 3. The minimum Gasteiger partial charge on any atom is -0.444 e. The van der Waals surface area contributed by atoms with Gasteiger partial charge in [-0.2, -0.15) is 0 Å². The van der Waals surface area contributed by atoms with Crippen LogP contribution in [-0.4, -0.2) is 39.7 Å². The summed E-state index contributed by atoms with van der Waals surface area (Å²) in [6.07, 6.45) is 0.219. The summed E-state index contributed by atoms with van der Waals surface area (Å²) in [6, 6.07) is 10.7. The molecule has 0 saturated heterocycles. The van der Waals surface area contributed by atoms with Gasteiger partial charge in [-0.15, -0.1) is 0 Å². The molecule has 3 aromatic rings. The fourth-order valence-corrected chi connectivity index (χ4v) is 3.82. The number of pyridine rings is 1. The summed E-state index contributed by atoms with van der Waals surface area (Å²) < 4.78 is 36.2. The van der Waals surface area contributed by atoms with Gasteiger partial charge in [0.2, 0.25) is 0 Å². The highest BCUT2D eigenvalue weighted by molar-refractivity contribution is 5.68. The van der Waals surface area contributed by atoms with E-state index in [-0.39, 0.29) is 18.5 Å². The average Bonchev–Trinajstić information content (AvgIpc) is 3.11. The Morgan fingerprint density at radius 2 is 1.72 bits per heavy atom. The number of hydrogen-bond donors (Lipinski definition) is 0. The third-order valence-electron chi connectivity index (χ3n) is 5.52. The number of rotatable bonds is 5. The minimum absolute atomic E-state index is 0.0947. The zero-order valence-corrected chi connectivity index (χ0v) is 22.0. The van der Waals surface area contributed by atoms with E-state index in [0.717, 1.165) is 34.5 Å². The van der Waals surface area contributed by atoms with Crippen LogP contribution in [0.5, 0.6) is 0 Å². The molecule has 0 unspecified atom stereocenters. The van der Waals surface area contributed by atoms with Gasteiger partial charge in [-0.25, -0.2) is 18.6 Å². The van der Waals surface area contributed by atoms with Crippen molar-refractivity contribution in [3.05, 3.63) is 81.8 Å². The summed E-state index contributed by atoms with van der Waals surface area (Å²) in [5.41, 5.74) is 3.97. The quantitative estimate of drug-likeness (QED) is 0.405. The molecule has 2 aromatic heterocycles. The molecule has 0 aliphatic rings. The zero-order chi connectivity index (χ0) is 26.6. The molecule has 0 bridgehead atoms. The van der Waals surface area contributed by atoms with Crippen LogP contribution in [0.2, 0.25) is 0 Å². The van der Waals surface area contributed by atoms with Crippen LogP contribution in [0.3, 0.4) is 0 Å². The van der Waals surface area contributed by atoms with E-state index in [4.69, 9.17) is 9.72 Å². The largest absolute Gasteiger partial charge is 0.444 e. The van der Waals surface area contributed by atoms with Crippen molar-refractivity contribution < 1.29 is 18.3 Å². The molecular weight excluding hydrogens is 460 g/mol. The topological polar surface area (TPSA) is 47.4 Å². The maximum absolute atomic E-state index is 14.6. The van der Waals surface area contributed by atoms with Gasteiger partial charge in [0.25, 0.3) is 0 Å². The van der Waals surface area contributed by atoms with Crippen LogP contribution in [0.4, 0.5) is 13.6 Å². The Labute approximate surface area is 212 Å². The second-order valence-electron chi connectivity index (χ2n) is 10.0. The van der Waals surface area contributed by atoms with Crippen molar-refractivity contribution in [2.24, 2.45) is 0 Å². The van der Waals surface area contributed by atoms with Crippen molar-refractivity contribution >= 4 is 6.09 Å². The third-order valence-corrected chi connectivity index (χ3v) is 5.52. The Balaban J connectivity index is 1.75. The Kier molecular flexibility index (Phi) is 8.19. The van der Waals surface area contributed by atoms with Crippen molar-refractivity contribution in [2.75, 3.05) is 13.6 Å². The summed E-state index contributed by atoms with van der Waals surface area (Å²) in [6.45, 7) is 11.5.